The molecule has 1 heterocycles. The number of halogens is 3. The van der Waals surface area contributed by atoms with E-state index in [1.165, 1.54) is 12.3 Å². The Morgan fingerprint density at radius 1 is 1.61 bits per heavy atom. The van der Waals surface area contributed by atoms with Crippen molar-refractivity contribution in [1.29, 1.82) is 0 Å². The molecule has 0 radical (unpaired) electrons. The van der Waals surface area contributed by atoms with Crippen LogP contribution >= 0.6 is 11.6 Å². The molecule has 0 bridgehead atoms. The number of hydrogen-bond acceptors (Lipinski definition) is 4. The normalized spacial score (nSPS) is 10.7. The van der Waals surface area contributed by atoms with Gasteiger partial charge in [0.15, 0.2) is 0 Å². The number of nitrogens with one attached hydrogen (secondary N) is 1. The van der Waals surface area contributed by atoms with Gasteiger partial charge in [-0.15, -0.1) is 0 Å². The highest BCUT2D eigenvalue weighted by Gasteiger charge is 2.12. The fourth-order valence-corrected chi connectivity index (χ4v) is 1.41. The number of pyridine rings is 1. The zero-order valence-corrected chi connectivity index (χ0v) is 9.95. The first-order chi connectivity index (χ1) is 8.52. The molecule has 18 heavy (non-hydrogen) atoms. The lowest BCUT2D eigenvalue weighted by molar-refractivity contribution is 0.0214. The van der Waals surface area contributed by atoms with E-state index in [1.54, 1.807) is 0 Å². The summed E-state index contributed by atoms with van der Waals surface area (Å²) in [4.78, 5) is 14.6. The van der Waals surface area contributed by atoms with Crippen molar-refractivity contribution in [3.63, 3.8) is 0 Å². The minimum atomic E-state index is -2.51. The van der Waals surface area contributed by atoms with Gasteiger partial charge in [0, 0.05) is 12.7 Å². The standard InChI is InChI=1S/C10H11ClF2N2O3/c11-8-6(10(16)17)1-2-14-9(8)15-3-4-18-5-7(12)13/h1-2,7H,3-5H2,(H,14,15)(H,16,17). The number of alkyl halides is 2. The number of carboxylic acids is 1. The Morgan fingerprint density at radius 3 is 2.94 bits per heavy atom. The van der Waals surface area contributed by atoms with Crippen LogP contribution in [0.2, 0.25) is 5.02 Å². The summed E-state index contributed by atoms with van der Waals surface area (Å²) >= 11 is 5.80. The van der Waals surface area contributed by atoms with E-state index < -0.39 is 19.0 Å². The summed E-state index contributed by atoms with van der Waals surface area (Å²) in [5.41, 5.74) is -0.0809. The van der Waals surface area contributed by atoms with Crippen molar-refractivity contribution in [3.05, 3.63) is 22.8 Å². The van der Waals surface area contributed by atoms with Gasteiger partial charge >= 0.3 is 5.97 Å². The molecule has 0 aliphatic rings. The monoisotopic (exact) mass is 280 g/mol. The van der Waals surface area contributed by atoms with Gasteiger partial charge in [-0.1, -0.05) is 11.6 Å². The minimum absolute atomic E-state index is 0.0288. The first-order valence-corrected chi connectivity index (χ1v) is 5.37. The number of aromatic nitrogens is 1. The third kappa shape index (κ3) is 4.42. The van der Waals surface area contributed by atoms with Crippen LogP contribution in [0.4, 0.5) is 14.6 Å². The van der Waals surface area contributed by atoms with Crippen LogP contribution in [-0.4, -0.2) is 42.2 Å². The van der Waals surface area contributed by atoms with Crippen molar-refractivity contribution < 1.29 is 23.4 Å². The summed E-state index contributed by atoms with van der Waals surface area (Å²) in [5.74, 6) is -0.989. The number of nitrogens with zero attached hydrogens (tertiary/aromatic N) is 1. The number of anilines is 1. The van der Waals surface area contributed by atoms with Crippen molar-refractivity contribution in [2.24, 2.45) is 0 Å². The predicted octanol–water partition coefficient (Wildman–Crippen LogP) is 2.13. The Hall–Kier alpha value is -1.47. The van der Waals surface area contributed by atoms with Gasteiger partial charge in [0.25, 0.3) is 6.43 Å². The quantitative estimate of drug-likeness (QED) is 0.749. The molecule has 2 N–H and O–H groups in total. The maximum absolute atomic E-state index is 11.7. The molecule has 1 rings (SSSR count). The van der Waals surface area contributed by atoms with Crippen molar-refractivity contribution in [2.75, 3.05) is 25.1 Å². The van der Waals surface area contributed by atoms with Crippen LogP contribution in [0.1, 0.15) is 10.4 Å². The lowest BCUT2D eigenvalue weighted by Gasteiger charge is -2.09. The number of aromatic carboxylic acids is 1. The predicted molar refractivity (Wildman–Crippen MR) is 61.5 cm³/mol. The van der Waals surface area contributed by atoms with Gasteiger partial charge in [-0.2, -0.15) is 0 Å². The molecule has 1 aromatic heterocycles. The van der Waals surface area contributed by atoms with Gasteiger partial charge in [-0.05, 0) is 6.07 Å². The van der Waals surface area contributed by atoms with Crippen molar-refractivity contribution in [3.8, 4) is 0 Å². The van der Waals surface area contributed by atoms with E-state index in [-0.39, 0.29) is 29.6 Å². The fourth-order valence-electron chi connectivity index (χ4n) is 1.15. The summed E-state index contributed by atoms with van der Waals surface area (Å²) < 4.78 is 28.1. The molecular formula is C10H11ClF2N2O3. The van der Waals surface area contributed by atoms with Crippen LogP contribution < -0.4 is 5.32 Å². The molecule has 5 nitrogen and oxygen atoms in total. The fraction of sp³-hybridized carbons (Fsp3) is 0.400. The van der Waals surface area contributed by atoms with Gasteiger partial charge in [0.2, 0.25) is 0 Å². The van der Waals surface area contributed by atoms with Crippen LogP contribution in [0.3, 0.4) is 0 Å². The summed E-state index contributed by atoms with van der Waals surface area (Å²) in [7, 11) is 0. The van der Waals surface area contributed by atoms with E-state index in [9.17, 15) is 13.6 Å². The first-order valence-electron chi connectivity index (χ1n) is 5.00. The van der Waals surface area contributed by atoms with Gasteiger partial charge in [0.05, 0.1) is 17.2 Å². The molecule has 0 atom stereocenters. The summed E-state index contributed by atoms with van der Waals surface area (Å²) in [6.07, 6.45) is -1.22. The average molecular weight is 281 g/mol. The van der Waals surface area contributed by atoms with E-state index in [2.05, 4.69) is 15.0 Å². The van der Waals surface area contributed by atoms with Crippen LogP contribution in [0.15, 0.2) is 12.3 Å². The molecular weight excluding hydrogens is 270 g/mol. The zero-order valence-electron chi connectivity index (χ0n) is 9.20. The SMILES string of the molecule is O=C(O)c1ccnc(NCCOCC(F)F)c1Cl. The second-order valence-electron chi connectivity index (χ2n) is 3.22. The Bertz CT molecular complexity index is 418. The van der Waals surface area contributed by atoms with Gasteiger partial charge < -0.3 is 15.2 Å². The summed E-state index contributed by atoms with van der Waals surface area (Å²) in [6, 6.07) is 1.27. The third-order valence-corrected chi connectivity index (χ3v) is 2.28. The summed E-state index contributed by atoms with van der Waals surface area (Å²) in [5, 5.41) is 11.5. The molecule has 0 fully saturated rings. The Labute approximate surface area is 107 Å². The van der Waals surface area contributed by atoms with E-state index >= 15 is 0 Å². The molecule has 1 aromatic rings. The Morgan fingerprint density at radius 2 is 2.33 bits per heavy atom. The Kier molecular flexibility index (Phi) is 5.73. The van der Waals surface area contributed by atoms with Gasteiger partial charge in [-0.25, -0.2) is 18.6 Å². The highest BCUT2D eigenvalue weighted by molar-refractivity contribution is 6.35. The van der Waals surface area contributed by atoms with Crippen LogP contribution in [0.25, 0.3) is 0 Å². The largest absolute Gasteiger partial charge is 0.478 e. The van der Waals surface area contributed by atoms with Crippen molar-refractivity contribution in [1.82, 2.24) is 4.98 Å². The molecule has 100 valence electrons. The van der Waals surface area contributed by atoms with Crippen LogP contribution in [0, 0.1) is 0 Å². The number of carboxylic acid groups (broad SMARTS) is 1. The third-order valence-electron chi connectivity index (χ3n) is 1.90. The molecule has 0 saturated heterocycles. The van der Waals surface area contributed by atoms with E-state index in [4.69, 9.17) is 16.7 Å². The summed E-state index contributed by atoms with van der Waals surface area (Å²) in [6.45, 7) is -0.403. The molecule has 0 spiro atoms. The van der Waals surface area contributed by atoms with Crippen LogP contribution in [0.5, 0.6) is 0 Å². The lowest BCUT2D eigenvalue weighted by atomic mass is 10.2. The molecule has 0 aromatic carbocycles. The number of rotatable bonds is 7. The van der Waals surface area contributed by atoms with Gasteiger partial charge in [-0.3, -0.25) is 0 Å². The highest BCUT2D eigenvalue weighted by Crippen LogP contribution is 2.23. The molecule has 0 amide bonds. The molecule has 0 aliphatic carbocycles. The second-order valence-corrected chi connectivity index (χ2v) is 3.60. The van der Waals surface area contributed by atoms with E-state index in [0.29, 0.717) is 0 Å². The van der Waals surface area contributed by atoms with Crippen molar-refractivity contribution in [2.45, 2.75) is 6.43 Å². The number of hydrogen-bond donors (Lipinski definition) is 2. The number of carbonyl (C=O) groups is 1. The van der Waals surface area contributed by atoms with Crippen molar-refractivity contribution >= 4 is 23.4 Å². The van der Waals surface area contributed by atoms with E-state index in [1.807, 2.05) is 0 Å². The maximum Gasteiger partial charge on any atom is 0.337 e. The molecule has 8 heteroatoms. The van der Waals surface area contributed by atoms with Gasteiger partial charge in [0.1, 0.15) is 12.4 Å². The minimum Gasteiger partial charge on any atom is -0.478 e. The second kappa shape index (κ2) is 7.07. The Balaban J connectivity index is 2.48. The molecule has 0 unspecified atom stereocenters. The van der Waals surface area contributed by atoms with E-state index in [0.717, 1.165) is 0 Å². The zero-order chi connectivity index (χ0) is 13.5. The van der Waals surface area contributed by atoms with Crippen LogP contribution in [-0.2, 0) is 4.74 Å². The topological polar surface area (TPSA) is 71.5 Å². The first kappa shape index (κ1) is 14.6. The average Bonchev–Trinajstić information content (AvgIpc) is 2.30. The lowest BCUT2D eigenvalue weighted by Crippen LogP contribution is -2.14. The highest BCUT2D eigenvalue weighted by atomic mass is 35.5. The molecule has 0 saturated carbocycles. The number of ether oxygens (including phenoxy) is 1. The molecule has 0 aliphatic heterocycles. The maximum atomic E-state index is 11.7. The smallest absolute Gasteiger partial charge is 0.337 e.